The number of carbonyl (C=O) groups excluding carboxylic acids is 10. The van der Waals surface area contributed by atoms with Crippen molar-refractivity contribution < 1.29 is 111 Å². The van der Waals surface area contributed by atoms with Gasteiger partial charge in [0, 0.05) is 57.2 Å². The fourth-order valence-electron chi connectivity index (χ4n) is 15.3. The molecule has 0 radical (unpaired) electrons. The van der Waals surface area contributed by atoms with Gasteiger partial charge in [-0.2, -0.15) is 9.59 Å². The lowest BCUT2D eigenvalue weighted by Crippen LogP contribution is -2.75. The number of aliphatic hydroxyl groups is 3. The Hall–Kier alpha value is -6.14. The van der Waals surface area contributed by atoms with E-state index in [0.717, 1.165) is 44.9 Å². The van der Waals surface area contributed by atoms with Gasteiger partial charge in [0.1, 0.15) is 49.8 Å². The lowest BCUT2D eigenvalue weighted by atomic mass is 9.40. The van der Waals surface area contributed by atoms with Gasteiger partial charge in [-0.05, 0) is 76.0 Å². The van der Waals surface area contributed by atoms with Crippen molar-refractivity contribution in [2.24, 2.45) is 28.1 Å². The lowest BCUT2D eigenvalue weighted by Gasteiger charge is -2.68. The van der Waals surface area contributed by atoms with E-state index in [4.69, 9.17) is 57.0 Å². The van der Waals surface area contributed by atoms with Crippen molar-refractivity contribution in [3.8, 4) is 0 Å². The van der Waals surface area contributed by atoms with Crippen molar-refractivity contribution >= 4 is 53.8 Å². The minimum Gasteiger partial charge on any atom is -0.463 e. The number of nitrogens with one attached hydrogen (secondary N) is 1. The summed E-state index contributed by atoms with van der Waals surface area (Å²) >= 11 is 0. The Bertz CT molecular complexity index is 2850. The molecule has 2 unspecified atom stereocenters. The molecule has 4 N–H and O–H groups in total. The molecule has 3 aliphatic carbocycles. The minimum atomic E-state index is -1.96. The summed E-state index contributed by atoms with van der Waals surface area (Å²) in [6.45, 7) is 21.8. The van der Waals surface area contributed by atoms with E-state index in [9.17, 15) is 48.9 Å². The van der Waals surface area contributed by atoms with E-state index in [1.165, 1.54) is 83.5 Å². The molecule has 592 valence electrons. The molecule has 24 nitrogen and oxygen atoms in total. The van der Waals surface area contributed by atoms with Crippen LogP contribution in [0, 0.1) is 28.1 Å². The molecule has 1 saturated heterocycles. The van der Waals surface area contributed by atoms with E-state index < -0.39 is 143 Å². The van der Waals surface area contributed by atoms with E-state index >= 15 is 4.79 Å². The van der Waals surface area contributed by atoms with E-state index in [-0.39, 0.29) is 74.9 Å². The third-order valence-corrected chi connectivity index (χ3v) is 21.2. The van der Waals surface area contributed by atoms with Crippen molar-refractivity contribution in [3.05, 3.63) is 47.0 Å². The zero-order valence-corrected chi connectivity index (χ0v) is 65.2. The van der Waals surface area contributed by atoms with Crippen molar-refractivity contribution in [3.63, 3.8) is 0 Å². The van der Waals surface area contributed by atoms with Crippen LogP contribution in [-0.2, 0) is 90.5 Å². The monoisotopic (exact) mass is 1470 g/mol. The summed E-state index contributed by atoms with van der Waals surface area (Å²) in [7, 11) is 3.14. The summed E-state index contributed by atoms with van der Waals surface area (Å²) in [6.07, 6.45) is 15.3. The largest absolute Gasteiger partial charge is 0.463 e. The summed E-state index contributed by atoms with van der Waals surface area (Å²) in [5, 5.41) is 40.1. The molecule has 1 aliphatic heterocycles. The fourth-order valence-corrected chi connectivity index (χ4v) is 15.3. The Morgan fingerprint density at radius 1 is 0.644 bits per heavy atom. The Morgan fingerprint density at radius 2 is 1.11 bits per heavy atom. The van der Waals surface area contributed by atoms with Crippen LogP contribution in [0.15, 0.2) is 41.5 Å². The van der Waals surface area contributed by atoms with Gasteiger partial charge in [0.2, 0.25) is 6.10 Å². The number of ketones is 1. The fraction of sp³-hybridized carbons (Fsp3) is 0.787. The number of unbranched alkanes of at least 4 members (excludes halogenated alkanes) is 20. The minimum absolute atomic E-state index is 0.127. The maximum atomic E-state index is 15.1. The van der Waals surface area contributed by atoms with E-state index in [0.29, 0.717) is 31.4 Å². The molecule has 1 amide bonds. The predicted octanol–water partition coefficient (Wildman–Crippen LogP) is 13.1. The second-order valence-corrected chi connectivity index (χ2v) is 30.6. The standard InChI is InChI=1S/C71H113NO17.C8H16O4.CO2/c1-12-14-16-18-20-22-24-26-28-30-35-39-55(74)83-45-51(86-57(76)40-36-31-29-27-25-23-21-19-17-15-13-2)46-84-56(75)41-42-58(77)88-62(60(50-37-33-32-34-38-50)72-66(81)89-67(5,6)7)65(80)87-52-44-71(82)49(4)63-69(10)47-85-54(69)43-53(73)70(63,11)64(79)61(78)59(48(52)3)68(71,8)9;1-4-8(9)12-6-7(11-3)5-10-2;2-1-3/h32-34,37-38,49,51-54,60-63,73,78,82H,12-31,35-36,39-47H2,1-11H3,(H,72,81);7H,4-6H2,1-3H3;/t49-,51?,52-,53-,54+,60-,61+,62+,63+,69+,70+,71+;;/m0../s1. The van der Waals surface area contributed by atoms with Crippen molar-refractivity contribution in [1.82, 2.24) is 5.32 Å². The molecule has 24 heteroatoms. The first-order valence-electron chi connectivity index (χ1n) is 38.4. The SMILES string of the molecule is CCC(=O)OCC(COC)OC.CCCCCCCCCCCCCC(=O)OCC(COC(=O)CCC(=O)O[C@@H](C(=O)O[C@H]1C[C@@]2(O)[C@@H](C)[C@@H]3[C@]4(C)CO[C@@H]4C[C@H](O)[C@@]3(C)C(=O)[C@H](O)C(=C1C)C2(C)C)[C@@H](NC(=O)OC(C)(C)C)c1ccccc1)OC(=O)CCCCCCCCCCCCC.O=C=O. The number of aliphatic hydroxyl groups excluding tert-OH is 2. The topological polar surface area (TPSA) is 336 Å². The maximum absolute atomic E-state index is 15.1. The number of alkyl carbamates (subject to hydrolysis) is 1. The molecular formula is C80H129NO23. The first-order chi connectivity index (χ1) is 49.3. The summed E-state index contributed by atoms with van der Waals surface area (Å²) in [6, 6.07) is 6.74. The van der Waals surface area contributed by atoms with Gasteiger partial charge >= 0.3 is 48.1 Å². The third kappa shape index (κ3) is 28.5. The number of methoxy groups -OCH3 is 2. The number of benzene rings is 1. The van der Waals surface area contributed by atoms with E-state index in [2.05, 4.69) is 19.2 Å². The number of fused-ring (bicyclic) bond motifs is 5. The number of Topliss-reactive ketones (excluding diaryl/α,β-unsaturated/α-hetero) is 1. The zero-order chi connectivity index (χ0) is 77.7. The normalized spacial score (nSPS) is 24.1. The smallest absolute Gasteiger partial charge is 0.408 e. The van der Waals surface area contributed by atoms with Gasteiger partial charge in [-0.25, -0.2) is 9.59 Å². The molecule has 0 spiro atoms. The first kappa shape index (κ1) is 92.1. The molecule has 1 aromatic carbocycles. The zero-order valence-electron chi connectivity index (χ0n) is 65.2. The van der Waals surface area contributed by atoms with Crippen LogP contribution in [0.5, 0.6) is 0 Å². The van der Waals surface area contributed by atoms with Crippen molar-refractivity contribution in [2.45, 2.75) is 329 Å². The molecule has 4 aliphatic rings. The average molecular weight is 1470 g/mol. The number of amides is 1. The first-order valence-corrected chi connectivity index (χ1v) is 38.4. The maximum Gasteiger partial charge on any atom is 0.408 e. The summed E-state index contributed by atoms with van der Waals surface area (Å²) in [4.78, 5) is 124. The van der Waals surface area contributed by atoms with E-state index in [1.54, 1.807) is 99.9 Å². The number of hydrogen-bond acceptors (Lipinski definition) is 23. The van der Waals surface area contributed by atoms with Crippen LogP contribution in [0.3, 0.4) is 0 Å². The number of carbonyl (C=O) groups is 8. The van der Waals surface area contributed by atoms with Crippen LogP contribution < -0.4 is 5.32 Å². The molecule has 1 aromatic rings. The number of hydrogen-bond donors (Lipinski definition) is 4. The van der Waals surface area contributed by atoms with Crippen LogP contribution in [0.4, 0.5) is 4.79 Å². The van der Waals surface area contributed by atoms with Crippen LogP contribution in [0.25, 0.3) is 0 Å². The molecule has 3 fully saturated rings. The molecule has 2 bridgehead atoms. The number of esters is 6. The summed E-state index contributed by atoms with van der Waals surface area (Å²) in [5.74, 6) is -6.40. The number of ether oxygens (including phenoxy) is 10. The predicted molar refractivity (Wildman–Crippen MR) is 387 cm³/mol. The van der Waals surface area contributed by atoms with Gasteiger partial charge in [-0.15, -0.1) is 0 Å². The van der Waals surface area contributed by atoms with Crippen LogP contribution in [0.2, 0.25) is 0 Å². The molecule has 13 atom stereocenters. The molecular weight excluding hydrogens is 1340 g/mol. The lowest BCUT2D eigenvalue weighted by molar-refractivity contribution is -0.302. The van der Waals surface area contributed by atoms with E-state index in [1.807, 2.05) is 13.8 Å². The Balaban J connectivity index is 0.00000168. The Morgan fingerprint density at radius 3 is 1.58 bits per heavy atom. The van der Waals surface area contributed by atoms with Gasteiger partial charge in [-0.1, -0.05) is 207 Å². The highest BCUT2D eigenvalue weighted by Gasteiger charge is 2.73. The highest BCUT2D eigenvalue weighted by molar-refractivity contribution is 5.93. The quantitative estimate of drug-likeness (QED) is 0.0204. The summed E-state index contributed by atoms with van der Waals surface area (Å²) < 4.78 is 55.4. The Labute approximate surface area is 618 Å². The second-order valence-electron chi connectivity index (χ2n) is 30.6. The van der Waals surface area contributed by atoms with Gasteiger partial charge in [0.15, 0.2) is 11.9 Å². The molecule has 1 heterocycles. The Kier molecular flexibility index (Phi) is 41.5. The molecule has 2 saturated carbocycles. The van der Waals surface area contributed by atoms with Gasteiger partial charge < -0.3 is 68.0 Å². The van der Waals surface area contributed by atoms with Crippen LogP contribution in [-0.4, -0.2) is 170 Å². The highest BCUT2D eigenvalue weighted by Crippen LogP contribution is 2.67. The van der Waals surface area contributed by atoms with Crippen LogP contribution in [0.1, 0.15) is 281 Å². The summed E-state index contributed by atoms with van der Waals surface area (Å²) in [5.41, 5.74) is -5.54. The van der Waals surface area contributed by atoms with Gasteiger partial charge in [0.05, 0.1) is 49.3 Å². The molecule has 104 heavy (non-hydrogen) atoms. The second kappa shape index (κ2) is 46.8. The van der Waals surface area contributed by atoms with Gasteiger partial charge in [-0.3, -0.25) is 28.8 Å². The highest BCUT2D eigenvalue weighted by atomic mass is 16.6. The van der Waals surface area contributed by atoms with Crippen LogP contribution >= 0.6 is 0 Å². The molecule has 5 rings (SSSR count). The third-order valence-electron chi connectivity index (χ3n) is 21.2. The molecule has 0 aromatic heterocycles. The van der Waals surface area contributed by atoms with Crippen molar-refractivity contribution in [1.29, 1.82) is 0 Å². The van der Waals surface area contributed by atoms with Crippen molar-refractivity contribution in [2.75, 3.05) is 47.3 Å². The van der Waals surface area contributed by atoms with Gasteiger partial charge in [0.25, 0.3) is 0 Å². The average Bonchev–Trinajstić information content (AvgIpc) is 0.676. The number of rotatable bonds is 44.